The number of thiophene rings is 1. The average Bonchev–Trinajstić information content (AvgIpc) is 3.09. The first-order valence-corrected chi connectivity index (χ1v) is 9.55. The van der Waals surface area contributed by atoms with Gasteiger partial charge in [0.15, 0.2) is 0 Å². The Balaban J connectivity index is 1.69. The number of carbonyl (C=O) groups excluding carboxylic acids is 1. The highest BCUT2D eigenvalue weighted by molar-refractivity contribution is 7.14. The monoisotopic (exact) mass is 344 g/mol. The third-order valence-electron chi connectivity index (χ3n) is 4.30. The van der Waals surface area contributed by atoms with Crippen LogP contribution in [0.1, 0.15) is 50.6 Å². The summed E-state index contributed by atoms with van der Waals surface area (Å²) >= 11 is 1.59. The molecule has 0 saturated carbocycles. The maximum absolute atomic E-state index is 11.8. The first-order chi connectivity index (χ1) is 11.8. The van der Waals surface area contributed by atoms with Crippen LogP contribution in [0.15, 0.2) is 23.8 Å². The predicted octanol–water partition coefficient (Wildman–Crippen LogP) is 3.80. The number of amides is 1. The summed E-state index contributed by atoms with van der Waals surface area (Å²) in [6.07, 6.45) is 8.45. The molecule has 3 heterocycles. The number of hydrogen-bond acceptors (Lipinski definition) is 5. The fraction of sp³-hybridized carbons (Fsp3) is 0.500. The minimum Gasteiger partial charge on any atom is -0.325 e. The summed E-state index contributed by atoms with van der Waals surface area (Å²) in [5.41, 5.74) is 2.83. The van der Waals surface area contributed by atoms with Crippen molar-refractivity contribution in [3.8, 4) is 10.6 Å². The van der Waals surface area contributed by atoms with Crippen LogP contribution in [-0.2, 0) is 4.79 Å². The van der Waals surface area contributed by atoms with E-state index in [-0.39, 0.29) is 5.91 Å². The van der Waals surface area contributed by atoms with Gasteiger partial charge in [-0.2, -0.15) is 0 Å². The second kappa shape index (κ2) is 8.35. The molecule has 0 aliphatic carbocycles. The van der Waals surface area contributed by atoms with Gasteiger partial charge in [-0.25, -0.2) is 4.98 Å². The number of hydrogen-bond donors (Lipinski definition) is 2. The van der Waals surface area contributed by atoms with E-state index in [4.69, 9.17) is 4.98 Å². The van der Waals surface area contributed by atoms with Gasteiger partial charge >= 0.3 is 0 Å². The molecule has 0 bridgehead atoms. The molecule has 1 amide bonds. The van der Waals surface area contributed by atoms with Crippen molar-refractivity contribution in [3.63, 3.8) is 0 Å². The molecule has 1 aliphatic rings. The zero-order valence-electron chi connectivity index (χ0n) is 14.0. The summed E-state index contributed by atoms with van der Waals surface area (Å²) < 4.78 is 0. The summed E-state index contributed by atoms with van der Waals surface area (Å²) in [5, 5.41) is 8.31. The van der Waals surface area contributed by atoms with Crippen LogP contribution < -0.4 is 10.6 Å². The molecule has 2 N–H and O–H groups in total. The molecule has 0 spiro atoms. The van der Waals surface area contributed by atoms with Crippen molar-refractivity contribution in [2.75, 3.05) is 18.4 Å². The number of anilines is 1. The number of piperidine rings is 1. The quantitative estimate of drug-likeness (QED) is 0.836. The number of nitrogens with zero attached hydrogens (tertiary/aromatic N) is 2. The second-order valence-corrected chi connectivity index (χ2v) is 7.12. The van der Waals surface area contributed by atoms with Gasteiger partial charge in [-0.1, -0.05) is 13.3 Å². The van der Waals surface area contributed by atoms with Crippen LogP contribution in [0.3, 0.4) is 0 Å². The van der Waals surface area contributed by atoms with Gasteiger partial charge in [-0.15, -0.1) is 11.3 Å². The van der Waals surface area contributed by atoms with Crippen LogP contribution >= 0.6 is 11.3 Å². The minimum absolute atomic E-state index is 0.0794. The third-order valence-corrected chi connectivity index (χ3v) is 5.26. The Morgan fingerprint density at radius 1 is 1.38 bits per heavy atom. The van der Waals surface area contributed by atoms with Crippen LogP contribution in [0, 0.1) is 0 Å². The van der Waals surface area contributed by atoms with Gasteiger partial charge in [0.2, 0.25) is 5.91 Å². The standard InChI is InChI=1S/C18H24N4OS/c1-2-3-4-18(23)21-14-9-17(24-12-14)16-11-20-10-15(22-16)13-5-7-19-8-6-13/h9-13,19H,2-8H2,1H3,(H,21,23). The van der Waals surface area contributed by atoms with Crippen molar-refractivity contribution in [3.05, 3.63) is 29.5 Å². The van der Waals surface area contributed by atoms with Crippen molar-refractivity contribution < 1.29 is 4.79 Å². The lowest BCUT2D eigenvalue weighted by Gasteiger charge is -2.21. The highest BCUT2D eigenvalue weighted by Gasteiger charge is 2.17. The van der Waals surface area contributed by atoms with E-state index in [1.165, 1.54) is 0 Å². The molecule has 1 saturated heterocycles. The smallest absolute Gasteiger partial charge is 0.224 e. The third kappa shape index (κ3) is 4.39. The highest BCUT2D eigenvalue weighted by Crippen LogP contribution is 2.30. The molecule has 128 valence electrons. The molecule has 24 heavy (non-hydrogen) atoms. The number of rotatable bonds is 6. The molecule has 0 unspecified atom stereocenters. The first kappa shape index (κ1) is 17.0. The highest BCUT2D eigenvalue weighted by atomic mass is 32.1. The molecule has 0 aromatic carbocycles. The maximum Gasteiger partial charge on any atom is 0.224 e. The molecule has 6 heteroatoms. The molecule has 2 aromatic rings. The molecule has 0 radical (unpaired) electrons. The second-order valence-electron chi connectivity index (χ2n) is 6.20. The molecular formula is C18H24N4OS. The molecule has 3 rings (SSSR count). The number of nitrogens with one attached hydrogen (secondary N) is 2. The number of carbonyl (C=O) groups is 1. The Morgan fingerprint density at radius 2 is 2.21 bits per heavy atom. The summed E-state index contributed by atoms with van der Waals surface area (Å²) in [6, 6.07) is 1.99. The fourth-order valence-corrected chi connectivity index (χ4v) is 3.71. The van der Waals surface area contributed by atoms with Gasteiger partial charge in [-0.05, 0) is 38.4 Å². The van der Waals surface area contributed by atoms with E-state index in [0.717, 1.165) is 60.7 Å². The van der Waals surface area contributed by atoms with E-state index < -0.39 is 0 Å². The Labute approximate surface area is 146 Å². The van der Waals surface area contributed by atoms with Crippen LogP contribution in [0.2, 0.25) is 0 Å². The van der Waals surface area contributed by atoms with E-state index in [2.05, 4.69) is 22.5 Å². The van der Waals surface area contributed by atoms with E-state index in [1.807, 2.05) is 17.6 Å². The van der Waals surface area contributed by atoms with Crippen molar-refractivity contribution in [2.45, 2.75) is 44.9 Å². The zero-order valence-corrected chi connectivity index (χ0v) is 14.9. The molecule has 1 fully saturated rings. The zero-order chi connectivity index (χ0) is 16.8. The summed E-state index contributed by atoms with van der Waals surface area (Å²) in [7, 11) is 0. The fourth-order valence-electron chi connectivity index (χ4n) is 2.91. The Morgan fingerprint density at radius 3 is 3.00 bits per heavy atom. The van der Waals surface area contributed by atoms with Crippen molar-refractivity contribution in [1.29, 1.82) is 0 Å². The molecule has 5 nitrogen and oxygen atoms in total. The average molecular weight is 344 g/mol. The van der Waals surface area contributed by atoms with Gasteiger partial charge in [-0.3, -0.25) is 9.78 Å². The van der Waals surface area contributed by atoms with Crippen LogP contribution in [-0.4, -0.2) is 29.0 Å². The lowest BCUT2D eigenvalue weighted by atomic mass is 9.95. The number of aromatic nitrogens is 2. The van der Waals surface area contributed by atoms with Crippen molar-refractivity contribution in [2.24, 2.45) is 0 Å². The van der Waals surface area contributed by atoms with Gasteiger partial charge < -0.3 is 10.6 Å². The molecule has 1 aliphatic heterocycles. The largest absolute Gasteiger partial charge is 0.325 e. The lowest BCUT2D eigenvalue weighted by molar-refractivity contribution is -0.116. The van der Waals surface area contributed by atoms with E-state index in [0.29, 0.717) is 12.3 Å². The SMILES string of the molecule is CCCCC(=O)Nc1csc(-c2cncc(C3CCNCC3)n2)c1. The normalized spacial score (nSPS) is 15.4. The minimum atomic E-state index is 0.0794. The summed E-state index contributed by atoms with van der Waals surface area (Å²) in [4.78, 5) is 22.1. The van der Waals surface area contributed by atoms with E-state index in [1.54, 1.807) is 17.5 Å². The molecule has 0 atom stereocenters. The first-order valence-electron chi connectivity index (χ1n) is 8.67. The van der Waals surface area contributed by atoms with Crippen LogP contribution in [0.25, 0.3) is 10.6 Å². The Kier molecular flexibility index (Phi) is 5.93. The topological polar surface area (TPSA) is 66.9 Å². The maximum atomic E-state index is 11.8. The summed E-state index contributed by atoms with van der Waals surface area (Å²) in [6.45, 7) is 4.18. The van der Waals surface area contributed by atoms with E-state index in [9.17, 15) is 4.79 Å². The Hall–Kier alpha value is -1.79. The Bertz CT molecular complexity index is 679. The van der Waals surface area contributed by atoms with Crippen LogP contribution in [0.4, 0.5) is 5.69 Å². The summed E-state index contributed by atoms with van der Waals surface area (Å²) in [5.74, 6) is 0.572. The number of unbranched alkanes of at least 4 members (excludes halogenated alkanes) is 1. The van der Waals surface area contributed by atoms with Crippen molar-refractivity contribution in [1.82, 2.24) is 15.3 Å². The van der Waals surface area contributed by atoms with Crippen molar-refractivity contribution >= 4 is 22.9 Å². The van der Waals surface area contributed by atoms with Gasteiger partial charge in [0.25, 0.3) is 0 Å². The van der Waals surface area contributed by atoms with Gasteiger partial charge in [0.05, 0.1) is 28.1 Å². The predicted molar refractivity (Wildman–Crippen MR) is 98.3 cm³/mol. The molecular weight excluding hydrogens is 320 g/mol. The molecule has 2 aromatic heterocycles. The van der Waals surface area contributed by atoms with Crippen LogP contribution in [0.5, 0.6) is 0 Å². The van der Waals surface area contributed by atoms with Gasteiger partial charge in [0.1, 0.15) is 0 Å². The lowest BCUT2D eigenvalue weighted by Crippen LogP contribution is -2.27. The van der Waals surface area contributed by atoms with E-state index >= 15 is 0 Å². The van der Waals surface area contributed by atoms with Gasteiger partial charge in [0, 0.05) is 23.9 Å².